The van der Waals surface area contributed by atoms with E-state index in [0.717, 1.165) is 17.0 Å². The van der Waals surface area contributed by atoms with Gasteiger partial charge in [0.05, 0.1) is 19.9 Å². The normalized spacial score (nSPS) is 14.9. The maximum atomic E-state index is 13.5. The molecule has 5 nitrogen and oxygen atoms in total. The number of methoxy groups -OCH3 is 2. The van der Waals surface area contributed by atoms with E-state index in [0.29, 0.717) is 22.4 Å². The zero-order valence-electron chi connectivity index (χ0n) is 20.7. The second-order valence-electron chi connectivity index (χ2n) is 9.27. The van der Waals surface area contributed by atoms with Crippen molar-refractivity contribution in [3.8, 4) is 11.5 Å². The molecule has 1 heterocycles. The molecular weight excluding hydrogens is 456 g/mol. The number of anilines is 1. The Labute approximate surface area is 211 Å². The number of amides is 1. The Bertz CT molecular complexity index is 1260. The fourth-order valence-electron chi connectivity index (χ4n) is 3.68. The summed E-state index contributed by atoms with van der Waals surface area (Å²) in [7, 11) is 3.25. The number of amidine groups is 1. The number of carbonyl (C=O) groups is 1. The van der Waals surface area contributed by atoms with Gasteiger partial charge in [0, 0.05) is 11.8 Å². The van der Waals surface area contributed by atoms with E-state index in [9.17, 15) is 4.79 Å². The van der Waals surface area contributed by atoms with Crippen LogP contribution in [-0.2, 0) is 16.0 Å². The molecule has 4 rings (SSSR count). The molecule has 3 aromatic rings. The molecular formula is C29H30N2O3S. The first-order chi connectivity index (χ1) is 16.8. The minimum Gasteiger partial charge on any atom is -0.497 e. The molecule has 0 atom stereocenters. The van der Waals surface area contributed by atoms with Crippen LogP contribution >= 0.6 is 11.8 Å². The highest BCUT2D eigenvalue weighted by molar-refractivity contribution is 8.13. The van der Waals surface area contributed by atoms with Gasteiger partial charge in [-0.15, -0.1) is 0 Å². The lowest BCUT2D eigenvalue weighted by atomic mass is 9.87. The van der Waals surface area contributed by atoms with E-state index < -0.39 is 0 Å². The first kappa shape index (κ1) is 24.6. The quantitative estimate of drug-likeness (QED) is 0.365. The van der Waals surface area contributed by atoms with Crippen LogP contribution < -0.4 is 14.4 Å². The zero-order valence-corrected chi connectivity index (χ0v) is 21.6. The summed E-state index contributed by atoms with van der Waals surface area (Å²) >= 11 is 1.54. The van der Waals surface area contributed by atoms with Crippen LogP contribution in [0.3, 0.4) is 0 Å². The number of benzene rings is 3. The average Bonchev–Trinajstić information content (AvgIpc) is 3.17. The van der Waals surface area contributed by atoms with Gasteiger partial charge in [0.1, 0.15) is 17.2 Å². The molecule has 1 amide bonds. The van der Waals surface area contributed by atoms with Crippen molar-refractivity contribution in [3.63, 3.8) is 0 Å². The molecule has 1 aliphatic rings. The summed E-state index contributed by atoms with van der Waals surface area (Å²) in [5, 5.41) is 0.642. The number of nitrogens with zero attached hydrogens (tertiary/aromatic N) is 2. The minimum atomic E-state index is -0.167. The third kappa shape index (κ3) is 5.77. The average molecular weight is 487 g/mol. The molecule has 35 heavy (non-hydrogen) atoms. The van der Waals surface area contributed by atoms with Gasteiger partial charge >= 0.3 is 0 Å². The van der Waals surface area contributed by atoms with Crippen LogP contribution in [0.5, 0.6) is 11.5 Å². The monoisotopic (exact) mass is 486 g/mol. The van der Waals surface area contributed by atoms with Gasteiger partial charge in [0.15, 0.2) is 5.17 Å². The highest BCUT2D eigenvalue weighted by atomic mass is 32.2. The molecule has 0 saturated carbocycles. The molecule has 6 heteroatoms. The largest absolute Gasteiger partial charge is 0.497 e. The lowest BCUT2D eigenvalue weighted by Crippen LogP contribution is -2.30. The number of ether oxygens (including phenoxy) is 2. The molecule has 0 N–H and O–H groups in total. The number of thioether (sulfide) groups is 1. The number of aliphatic imine (C=N–C) groups is 1. The number of hydrogen-bond acceptors (Lipinski definition) is 5. The predicted molar refractivity (Wildman–Crippen MR) is 145 cm³/mol. The van der Waals surface area contributed by atoms with Crippen molar-refractivity contribution >= 4 is 34.6 Å². The van der Waals surface area contributed by atoms with Gasteiger partial charge in [-0.2, -0.15) is 0 Å². The maximum absolute atomic E-state index is 13.5. The first-order valence-electron chi connectivity index (χ1n) is 11.4. The van der Waals surface area contributed by atoms with Gasteiger partial charge in [-0.05, 0) is 52.4 Å². The van der Waals surface area contributed by atoms with Crippen LogP contribution in [0.1, 0.15) is 37.5 Å². The summed E-state index contributed by atoms with van der Waals surface area (Å²) in [5.74, 6) is 1.98. The Balaban J connectivity index is 1.63. The van der Waals surface area contributed by atoms with E-state index in [4.69, 9.17) is 14.5 Å². The van der Waals surface area contributed by atoms with E-state index in [1.54, 1.807) is 37.0 Å². The van der Waals surface area contributed by atoms with Gasteiger partial charge in [-0.25, -0.2) is 4.99 Å². The Morgan fingerprint density at radius 2 is 1.60 bits per heavy atom. The van der Waals surface area contributed by atoms with Crippen LogP contribution in [-0.4, -0.2) is 25.3 Å². The second kappa shape index (κ2) is 10.4. The fourth-order valence-corrected chi connectivity index (χ4v) is 4.65. The predicted octanol–water partition coefficient (Wildman–Crippen LogP) is 6.68. The van der Waals surface area contributed by atoms with Crippen molar-refractivity contribution in [3.05, 3.63) is 95.2 Å². The van der Waals surface area contributed by atoms with Gasteiger partial charge in [-0.1, -0.05) is 75.0 Å². The third-order valence-electron chi connectivity index (χ3n) is 5.75. The lowest BCUT2D eigenvalue weighted by molar-refractivity contribution is -0.113. The van der Waals surface area contributed by atoms with Crippen molar-refractivity contribution in [2.45, 2.75) is 31.9 Å². The van der Waals surface area contributed by atoms with Gasteiger partial charge in [0.25, 0.3) is 5.91 Å². The van der Waals surface area contributed by atoms with Crippen LogP contribution in [0.4, 0.5) is 5.69 Å². The molecule has 180 valence electrons. The minimum absolute atomic E-state index is 0.109. The van der Waals surface area contributed by atoms with E-state index in [1.165, 1.54) is 11.1 Å². The van der Waals surface area contributed by atoms with E-state index in [-0.39, 0.29) is 11.3 Å². The zero-order chi connectivity index (χ0) is 25.0. The van der Waals surface area contributed by atoms with Crippen molar-refractivity contribution in [1.29, 1.82) is 0 Å². The summed E-state index contributed by atoms with van der Waals surface area (Å²) in [6.07, 6.45) is 1.81. The number of carbonyl (C=O) groups excluding carboxylic acids is 1. The van der Waals surface area contributed by atoms with Crippen LogP contribution in [0.25, 0.3) is 6.08 Å². The number of hydrogen-bond donors (Lipinski definition) is 0. The molecule has 0 fully saturated rings. The topological polar surface area (TPSA) is 51.1 Å². The molecule has 0 unspecified atom stereocenters. The summed E-state index contributed by atoms with van der Waals surface area (Å²) in [4.78, 5) is 19.9. The molecule has 0 radical (unpaired) electrons. The Morgan fingerprint density at radius 1 is 0.914 bits per heavy atom. The lowest BCUT2D eigenvalue weighted by Gasteiger charge is -2.20. The standard InChI is InChI=1S/C29H30N2O3S/c1-29(2,3)22-13-9-21(10-14-22)19-35-28-30-26(17-20-11-15-24(33-4)16-12-20)27(32)31(28)23-7-6-8-25(18-23)34-5/h6-18H,19H2,1-5H3. The SMILES string of the molecule is COc1ccc(C=C2N=C(SCc3ccc(C(C)(C)C)cc3)N(c3cccc(OC)c3)C2=O)cc1. The summed E-state index contributed by atoms with van der Waals surface area (Å²) < 4.78 is 10.6. The summed E-state index contributed by atoms with van der Waals surface area (Å²) in [6.45, 7) is 6.62. The van der Waals surface area contributed by atoms with E-state index in [2.05, 4.69) is 45.0 Å². The smallest absolute Gasteiger partial charge is 0.283 e. The van der Waals surface area contributed by atoms with Crippen molar-refractivity contribution in [2.75, 3.05) is 19.1 Å². The first-order valence-corrected chi connectivity index (χ1v) is 12.4. The van der Waals surface area contributed by atoms with Crippen LogP contribution in [0.15, 0.2) is 83.5 Å². The van der Waals surface area contributed by atoms with Crippen molar-refractivity contribution in [2.24, 2.45) is 4.99 Å². The molecule has 0 aliphatic carbocycles. The number of rotatable bonds is 6. The Hall–Kier alpha value is -3.51. The third-order valence-corrected chi connectivity index (χ3v) is 6.76. The van der Waals surface area contributed by atoms with Gasteiger partial charge < -0.3 is 9.47 Å². The fraction of sp³-hybridized carbons (Fsp3) is 0.241. The molecule has 0 aromatic heterocycles. The van der Waals surface area contributed by atoms with Crippen molar-refractivity contribution in [1.82, 2.24) is 0 Å². The highest BCUT2D eigenvalue weighted by Gasteiger charge is 2.32. The molecule has 0 bridgehead atoms. The Morgan fingerprint density at radius 3 is 2.23 bits per heavy atom. The van der Waals surface area contributed by atoms with E-state index in [1.807, 2.05) is 48.5 Å². The molecule has 3 aromatic carbocycles. The van der Waals surface area contributed by atoms with Crippen LogP contribution in [0.2, 0.25) is 0 Å². The summed E-state index contributed by atoms with van der Waals surface area (Å²) in [6, 6.07) is 23.7. The van der Waals surface area contributed by atoms with Gasteiger partial charge in [-0.3, -0.25) is 9.69 Å². The molecule has 0 saturated heterocycles. The Kier molecular flexibility index (Phi) is 7.31. The molecule has 0 spiro atoms. The van der Waals surface area contributed by atoms with Gasteiger partial charge in [0.2, 0.25) is 0 Å². The van der Waals surface area contributed by atoms with Crippen LogP contribution in [0, 0.1) is 0 Å². The second-order valence-corrected chi connectivity index (χ2v) is 10.2. The maximum Gasteiger partial charge on any atom is 0.283 e. The molecule has 1 aliphatic heterocycles. The summed E-state index contributed by atoms with van der Waals surface area (Å²) in [5.41, 5.74) is 4.58. The highest BCUT2D eigenvalue weighted by Crippen LogP contribution is 2.33. The van der Waals surface area contributed by atoms with E-state index >= 15 is 0 Å². The van der Waals surface area contributed by atoms with Crippen molar-refractivity contribution < 1.29 is 14.3 Å².